The number of amides is 1. The maximum atomic E-state index is 12.4. The van der Waals surface area contributed by atoms with E-state index in [2.05, 4.69) is 27.6 Å². The fourth-order valence-corrected chi connectivity index (χ4v) is 3.71. The number of para-hydroxylation sites is 1. The lowest BCUT2D eigenvalue weighted by Gasteiger charge is -2.11. The highest BCUT2D eigenvalue weighted by Gasteiger charge is 2.16. The average molecular weight is 404 g/mol. The van der Waals surface area contributed by atoms with E-state index in [-0.39, 0.29) is 11.7 Å². The molecule has 2 aromatic heterocycles. The van der Waals surface area contributed by atoms with E-state index in [9.17, 15) is 4.79 Å². The zero-order chi connectivity index (χ0) is 20.1. The Hall–Kier alpha value is -3.32. The molecule has 146 valence electrons. The fraction of sp³-hybridized carbons (Fsp3) is 0.136. The van der Waals surface area contributed by atoms with E-state index in [0.29, 0.717) is 11.7 Å². The van der Waals surface area contributed by atoms with Crippen molar-refractivity contribution >= 4 is 23.4 Å². The molecular formula is C22H21N5OS. The first-order valence-corrected chi connectivity index (χ1v) is 10.3. The Balaban J connectivity index is 1.52. The second kappa shape index (κ2) is 8.79. The summed E-state index contributed by atoms with van der Waals surface area (Å²) in [4.78, 5) is 12.4. The quantitative estimate of drug-likeness (QED) is 0.471. The van der Waals surface area contributed by atoms with Crippen LogP contribution in [0.3, 0.4) is 0 Å². The summed E-state index contributed by atoms with van der Waals surface area (Å²) in [7, 11) is 0. The summed E-state index contributed by atoms with van der Waals surface area (Å²) in [6, 6.07) is 21.8. The van der Waals surface area contributed by atoms with E-state index in [1.165, 1.54) is 11.8 Å². The third kappa shape index (κ3) is 4.57. The second-order valence-corrected chi connectivity index (χ2v) is 7.54. The van der Waals surface area contributed by atoms with Crippen LogP contribution in [-0.2, 0) is 11.3 Å². The normalized spacial score (nSPS) is 10.8. The Morgan fingerprint density at radius 2 is 1.69 bits per heavy atom. The highest BCUT2D eigenvalue weighted by molar-refractivity contribution is 7.99. The van der Waals surface area contributed by atoms with E-state index >= 15 is 0 Å². The number of hydrogen-bond donors (Lipinski definition) is 1. The molecule has 2 aromatic carbocycles. The zero-order valence-corrected chi connectivity index (χ0v) is 16.8. The van der Waals surface area contributed by atoms with Crippen molar-refractivity contribution in [3.8, 4) is 5.95 Å². The van der Waals surface area contributed by atoms with Crippen molar-refractivity contribution in [3.05, 3.63) is 90.3 Å². The molecule has 2 heterocycles. The molecule has 7 heteroatoms. The van der Waals surface area contributed by atoms with Gasteiger partial charge in [-0.2, -0.15) is 0 Å². The number of anilines is 1. The summed E-state index contributed by atoms with van der Waals surface area (Å²) in [6.45, 7) is 2.60. The number of carbonyl (C=O) groups excluding carboxylic acids is 1. The molecule has 1 N–H and O–H groups in total. The molecule has 0 aliphatic rings. The molecule has 1 amide bonds. The van der Waals surface area contributed by atoms with Gasteiger partial charge < -0.3 is 5.32 Å². The van der Waals surface area contributed by atoms with Crippen LogP contribution in [0.5, 0.6) is 0 Å². The maximum absolute atomic E-state index is 12.4. The summed E-state index contributed by atoms with van der Waals surface area (Å²) < 4.78 is 3.95. The summed E-state index contributed by atoms with van der Waals surface area (Å²) in [5.41, 5.74) is 3.01. The van der Waals surface area contributed by atoms with Crippen molar-refractivity contribution in [2.75, 3.05) is 11.1 Å². The summed E-state index contributed by atoms with van der Waals surface area (Å²) in [6.07, 6.45) is 3.87. The standard InChI is InChI=1S/C22H21N5OS/c1-17-9-5-6-12-19(17)23-20(28)16-29-22-25-24-21(26-13-7-8-14-26)27(22)15-18-10-3-2-4-11-18/h2-14H,15-16H2,1H3,(H,23,28). The fourth-order valence-electron chi connectivity index (χ4n) is 2.98. The van der Waals surface area contributed by atoms with Crippen LogP contribution < -0.4 is 5.32 Å². The molecule has 29 heavy (non-hydrogen) atoms. The van der Waals surface area contributed by atoms with E-state index in [1.54, 1.807) is 0 Å². The van der Waals surface area contributed by atoms with Gasteiger partial charge in [-0.1, -0.05) is 60.3 Å². The van der Waals surface area contributed by atoms with Crippen molar-refractivity contribution in [1.82, 2.24) is 19.3 Å². The molecule has 0 radical (unpaired) electrons. The first-order chi connectivity index (χ1) is 14.2. The van der Waals surface area contributed by atoms with Crippen LogP contribution in [0.15, 0.2) is 84.3 Å². The van der Waals surface area contributed by atoms with Gasteiger partial charge in [0.25, 0.3) is 0 Å². The number of aromatic nitrogens is 4. The van der Waals surface area contributed by atoms with Crippen LogP contribution in [0.4, 0.5) is 5.69 Å². The predicted molar refractivity (Wildman–Crippen MR) is 115 cm³/mol. The van der Waals surface area contributed by atoms with Crippen LogP contribution >= 0.6 is 11.8 Å². The van der Waals surface area contributed by atoms with E-state index < -0.39 is 0 Å². The van der Waals surface area contributed by atoms with Gasteiger partial charge in [0, 0.05) is 18.1 Å². The van der Waals surface area contributed by atoms with Crippen LogP contribution in [0.2, 0.25) is 0 Å². The molecule has 0 saturated heterocycles. The largest absolute Gasteiger partial charge is 0.325 e. The number of hydrogen-bond acceptors (Lipinski definition) is 4. The smallest absolute Gasteiger partial charge is 0.236 e. The molecule has 0 unspecified atom stereocenters. The third-order valence-electron chi connectivity index (χ3n) is 4.47. The van der Waals surface area contributed by atoms with Crippen LogP contribution in [0.1, 0.15) is 11.1 Å². The molecular weight excluding hydrogens is 382 g/mol. The third-order valence-corrected chi connectivity index (χ3v) is 5.43. The highest BCUT2D eigenvalue weighted by atomic mass is 32.2. The molecule has 0 aliphatic heterocycles. The van der Waals surface area contributed by atoms with Crippen molar-refractivity contribution in [2.45, 2.75) is 18.6 Å². The number of nitrogens with one attached hydrogen (secondary N) is 1. The van der Waals surface area contributed by atoms with Gasteiger partial charge in [-0.15, -0.1) is 10.2 Å². The lowest BCUT2D eigenvalue weighted by molar-refractivity contribution is -0.113. The van der Waals surface area contributed by atoms with Gasteiger partial charge in [-0.25, -0.2) is 0 Å². The predicted octanol–water partition coefficient (Wildman–Crippen LogP) is 4.16. The van der Waals surface area contributed by atoms with Crippen LogP contribution in [-0.4, -0.2) is 31.0 Å². The molecule has 0 saturated carbocycles. The molecule has 0 fully saturated rings. The maximum Gasteiger partial charge on any atom is 0.236 e. The van der Waals surface area contributed by atoms with Crippen molar-refractivity contribution < 1.29 is 4.79 Å². The molecule has 0 atom stereocenters. The minimum atomic E-state index is -0.0684. The molecule has 4 rings (SSSR count). The second-order valence-electron chi connectivity index (χ2n) is 6.60. The number of thioether (sulfide) groups is 1. The number of benzene rings is 2. The van der Waals surface area contributed by atoms with Gasteiger partial charge in [-0.3, -0.25) is 13.9 Å². The molecule has 0 bridgehead atoms. The lowest BCUT2D eigenvalue weighted by Crippen LogP contribution is -2.15. The number of nitrogens with zero attached hydrogens (tertiary/aromatic N) is 4. The SMILES string of the molecule is Cc1ccccc1NC(=O)CSc1nnc(-n2cccc2)n1Cc1ccccc1. The Kier molecular flexibility index (Phi) is 5.76. The average Bonchev–Trinajstić information content (AvgIpc) is 3.39. The Labute approximate surface area is 173 Å². The van der Waals surface area contributed by atoms with Crippen molar-refractivity contribution in [2.24, 2.45) is 0 Å². The van der Waals surface area contributed by atoms with Gasteiger partial charge in [0.2, 0.25) is 11.9 Å². The first-order valence-electron chi connectivity index (χ1n) is 9.29. The van der Waals surface area contributed by atoms with Gasteiger partial charge in [0.1, 0.15) is 0 Å². The number of aryl methyl sites for hydroxylation is 1. The topological polar surface area (TPSA) is 64.7 Å². The van der Waals surface area contributed by atoms with Gasteiger partial charge in [0.15, 0.2) is 5.16 Å². The Morgan fingerprint density at radius 3 is 2.45 bits per heavy atom. The molecule has 4 aromatic rings. The van der Waals surface area contributed by atoms with Crippen molar-refractivity contribution in [3.63, 3.8) is 0 Å². The van der Waals surface area contributed by atoms with E-state index in [0.717, 1.165) is 22.8 Å². The van der Waals surface area contributed by atoms with Gasteiger partial charge in [-0.05, 0) is 36.2 Å². The van der Waals surface area contributed by atoms with Gasteiger partial charge >= 0.3 is 0 Å². The molecule has 0 aliphatic carbocycles. The van der Waals surface area contributed by atoms with Gasteiger partial charge in [0.05, 0.1) is 12.3 Å². The number of rotatable bonds is 7. The minimum absolute atomic E-state index is 0.0684. The van der Waals surface area contributed by atoms with Crippen LogP contribution in [0, 0.1) is 6.92 Å². The molecule has 6 nitrogen and oxygen atoms in total. The highest BCUT2D eigenvalue weighted by Crippen LogP contribution is 2.22. The zero-order valence-electron chi connectivity index (χ0n) is 16.0. The van der Waals surface area contributed by atoms with E-state index in [4.69, 9.17) is 0 Å². The summed E-state index contributed by atoms with van der Waals surface area (Å²) in [5, 5.41) is 12.4. The van der Waals surface area contributed by atoms with Crippen molar-refractivity contribution in [1.29, 1.82) is 0 Å². The summed E-state index contributed by atoms with van der Waals surface area (Å²) in [5.74, 6) is 0.911. The molecule has 0 spiro atoms. The minimum Gasteiger partial charge on any atom is -0.325 e. The first kappa shape index (κ1) is 19.0. The summed E-state index contributed by atoms with van der Waals surface area (Å²) >= 11 is 1.38. The Morgan fingerprint density at radius 1 is 0.966 bits per heavy atom. The Bertz CT molecular complexity index is 1090. The monoisotopic (exact) mass is 403 g/mol. The van der Waals surface area contributed by atoms with E-state index in [1.807, 2.05) is 83.0 Å². The number of carbonyl (C=O) groups is 1. The van der Waals surface area contributed by atoms with Crippen LogP contribution in [0.25, 0.3) is 5.95 Å². The lowest BCUT2D eigenvalue weighted by atomic mass is 10.2.